The smallest absolute Gasteiger partial charge is 0.378 e. The number of nitrogens with zero attached hydrogens (tertiary/aromatic N) is 2. The van der Waals surface area contributed by atoms with E-state index in [4.69, 9.17) is 16.7 Å². The highest BCUT2D eigenvalue weighted by molar-refractivity contribution is 6.44. The van der Waals surface area contributed by atoms with Gasteiger partial charge in [-0.1, -0.05) is 11.6 Å². The lowest BCUT2D eigenvalue weighted by Crippen LogP contribution is -2.18. The highest BCUT2D eigenvalue weighted by Gasteiger charge is 2.22. The van der Waals surface area contributed by atoms with Crippen LogP contribution in [-0.2, 0) is 11.3 Å². The van der Waals surface area contributed by atoms with Gasteiger partial charge in [0, 0.05) is 6.54 Å². The number of ketones is 1. The van der Waals surface area contributed by atoms with Crippen LogP contribution in [0.2, 0.25) is 5.02 Å². The summed E-state index contributed by atoms with van der Waals surface area (Å²) in [6.45, 7) is 2.14. The van der Waals surface area contributed by atoms with Gasteiger partial charge in [-0.2, -0.15) is 5.10 Å². The maximum absolute atomic E-state index is 11.1. The molecule has 0 saturated carbocycles. The number of hydrogen-bond donors (Lipinski definition) is 1. The third-order valence-electron chi connectivity index (χ3n) is 1.50. The van der Waals surface area contributed by atoms with Gasteiger partial charge in [-0.3, -0.25) is 9.48 Å². The summed E-state index contributed by atoms with van der Waals surface area (Å²) in [5.74, 6) is -2.57. The zero-order chi connectivity index (χ0) is 10.0. The Bertz CT molecular complexity index is 359. The molecule has 0 aliphatic carbocycles. The third kappa shape index (κ3) is 1.70. The second-order valence-corrected chi connectivity index (χ2v) is 2.70. The van der Waals surface area contributed by atoms with Crippen molar-refractivity contribution < 1.29 is 14.7 Å². The van der Waals surface area contributed by atoms with Gasteiger partial charge in [-0.05, 0) is 6.92 Å². The molecule has 0 aromatic carbocycles. The van der Waals surface area contributed by atoms with Crippen LogP contribution in [0.5, 0.6) is 0 Å². The molecule has 0 bridgehead atoms. The minimum Gasteiger partial charge on any atom is -0.475 e. The van der Waals surface area contributed by atoms with Crippen LogP contribution < -0.4 is 0 Å². The van der Waals surface area contributed by atoms with Gasteiger partial charge in [-0.25, -0.2) is 4.79 Å². The molecule has 0 atom stereocenters. The van der Waals surface area contributed by atoms with Gasteiger partial charge in [0.15, 0.2) is 0 Å². The fourth-order valence-corrected chi connectivity index (χ4v) is 1.16. The van der Waals surface area contributed by atoms with Crippen molar-refractivity contribution in [1.29, 1.82) is 0 Å². The number of hydrogen-bond acceptors (Lipinski definition) is 3. The van der Waals surface area contributed by atoms with Gasteiger partial charge in [0.05, 0.1) is 11.2 Å². The Morgan fingerprint density at radius 1 is 1.69 bits per heavy atom. The predicted octanol–water partition coefficient (Wildman–Crippen LogP) is 0.824. The Morgan fingerprint density at radius 2 is 2.31 bits per heavy atom. The molecule has 0 spiro atoms. The number of carboxylic acids is 1. The van der Waals surface area contributed by atoms with Gasteiger partial charge >= 0.3 is 5.97 Å². The molecule has 70 valence electrons. The molecule has 1 aromatic heterocycles. The Kier molecular flexibility index (Phi) is 2.67. The van der Waals surface area contributed by atoms with Crippen LogP contribution in [-0.4, -0.2) is 26.6 Å². The second-order valence-electron chi connectivity index (χ2n) is 2.29. The number of aliphatic carboxylic acids is 1. The molecule has 0 fully saturated rings. The van der Waals surface area contributed by atoms with E-state index in [-0.39, 0.29) is 10.7 Å². The van der Waals surface area contributed by atoms with Crippen LogP contribution in [0.25, 0.3) is 0 Å². The average Bonchev–Trinajstić information content (AvgIpc) is 2.45. The number of halogens is 1. The summed E-state index contributed by atoms with van der Waals surface area (Å²) in [6.07, 6.45) is 1.25. The molecule has 1 aromatic rings. The summed E-state index contributed by atoms with van der Waals surface area (Å²) >= 11 is 5.60. The van der Waals surface area contributed by atoms with Crippen LogP contribution in [0, 0.1) is 0 Å². The molecule has 0 aliphatic rings. The summed E-state index contributed by atoms with van der Waals surface area (Å²) in [5.41, 5.74) is -0.0725. The first kappa shape index (κ1) is 9.73. The minimum atomic E-state index is -1.53. The Balaban J connectivity index is 3.18. The lowest BCUT2D eigenvalue weighted by molar-refractivity contribution is -0.131. The van der Waals surface area contributed by atoms with E-state index in [0.29, 0.717) is 6.54 Å². The van der Waals surface area contributed by atoms with Crippen molar-refractivity contribution in [2.24, 2.45) is 0 Å². The standard InChI is InChI=1S/C7H7ClN2O3/c1-2-10-5(4(8)3-9-10)6(11)7(12)13/h3H,2H2,1H3,(H,12,13). The van der Waals surface area contributed by atoms with Crippen LogP contribution in [0.15, 0.2) is 6.20 Å². The van der Waals surface area contributed by atoms with Crippen LogP contribution in [0.1, 0.15) is 17.4 Å². The van der Waals surface area contributed by atoms with E-state index in [2.05, 4.69) is 5.10 Å². The van der Waals surface area contributed by atoms with Crippen LogP contribution in [0.4, 0.5) is 0 Å². The molecule has 13 heavy (non-hydrogen) atoms. The van der Waals surface area contributed by atoms with Gasteiger partial charge < -0.3 is 5.11 Å². The van der Waals surface area contributed by atoms with E-state index in [9.17, 15) is 9.59 Å². The number of carboxylic acid groups (broad SMARTS) is 1. The highest BCUT2D eigenvalue weighted by atomic mass is 35.5. The molecular formula is C7H7ClN2O3. The number of rotatable bonds is 3. The van der Waals surface area contributed by atoms with Crippen molar-refractivity contribution in [3.8, 4) is 0 Å². The van der Waals surface area contributed by atoms with Crippen molar-refractivity contribution >= 4 is 23.4 Å². The molecule has 0 unspecified atom stereocenters. The summed E-state index contributed by atoms with van der Waals surface area (Å²) < 4.78 is 1.25. The zero-order valence-corrected chi connectivity index (χ0v) is 7.58. The van der Waals surface area contributed by atoms with Gasteiger partial charge in [-0.15, -0.1) is 0 Å². The van der Waals surface area contributed by atoms with E-state index >= 15 is 0 Å². The van der Waals surface area contributed by atoms with Crippen molar-refractivity contribution in [2.75, 3.05) is 0 Å². The van der Waals surface area contributed by atoms with Crippen molar-refractivity contribution in [3.05, 3.63) is 16.9 Å². The van der Waals surface area contributed by atoms with Crippen LogP contribution in [0.3, 0.4) is 0 Å². The second kappa shape index (κ2) is 3.57. The Morgan fingerprint density at radius 3 is 2.77 bits per heavy atom. The number of carbonyl (C=O) groups is 2. The first-order valence-corrected chi connectivity index (χ1v) is 3.94. The SMILES string of the molecule is CCn1ncc(Cl)c1C(=O)C(=O)O. The van der Waals surface area contributed by atoms with Crippen molar-refractivity contribution in [1.82, 2.24) is 9.78 Å². The predicted molar refractivity (Wildman–Crippen MR) is 44.9 cm³/mol. The van der Waals surface area contributed by atoms with Gasteiger partial charge in [0.25, 0.3) is 5.78 Å². The molecule has 0 saturated heterocycles. The average molecular weight is 203 g/mol. The molecule has 6 heteroatoms. The number of aromatic nitrogens is 2. The molecule has 0 amide bonds. The minimum absolute atomic E-state index is 0.0641. The molecule has 1 heterocycles. The van der Waals surface area contributed by atoms with E-state index in [0.717, 1.165) is 0 Å². The number of carbonyl (C=O) groups excluding carboxylic acids is 1. The van der Waals surface area contributed by atoms with E-state index < -0.39 is 11.8 Å². The molecule has 0 aliphatic heterocycles. The maximum Gasteiger partial charge on any atom is 0.378 e. The third-order valence-corrected chi connectivity index (χ3v) is 1.78. The molecule has 0 radical (unpaired) electrons. The number of aryl methyl sites for hydroxylation is 1. The summed E-state index contributed by atoms with van der Waals surface area (Å²) in [5, 5.41) is 12.3. The first-order valence-electron chi connectivity index (χ1n) is 3.56. The largest absolute Gasteiger partial charge is 0.475 e. The van der Waals surface area contributed by atoms with E-state index in [1.165, 1.54) is 10.9 Å². The van der Waals surface area contributed by atoms with E-state index in [1.807, 2.05) is 0 Å². The molecular weight excluding hydrogens is 196 g/mol. The Labute approximate surface area is 78.9 Å². The normalized spacial score (nSPS) is 10.0. The number of Topliss-reactive ketones (excluding diaryl/α,β-unsaturated/α-hetero) is 1. The van der Waals surface area contributed by atoms with Crippen molar-refractivity contribution in [2.45, 2.75) is 13.5 Å². The fraction of sp³-hybridized carbons (Fsp3) is 0.286. The summed E-state index contributed by atoms with van der Waals surface area (Å²) in [7, 11) is 0. The van der Waals surface area contributed by atoms with Crippen LogP contribution >= 0.6 is 11.6 Å². The maximum atomic E-state index is 11.1. The quantitative estimate of drug-likeness (QED) is 0.582. The van der Waals surface area contributed by atoms with Gasteiger partial charge in [0.1, 0.15) is 5.69 Å². The Hall–Kier alpha value is -1.36. The fourth-order valence-electron chi connectivity index (χ4n) is 0.929. The lowest BCUT2D eigenvalue weighted by Gasteiger charge is -2.00. The topological polar surface area (TPSA) is 72.2 Å². The molecule has 1 N–H and O–H groups in total. The zero-order valence-electron chi connectivity index (χ0n) is 6.82. The van der Waals surface area contributed by atoms with Gasteiger partial charge in [0.2, 0.25) is 0 Å². The molecule has 5 nitrogen and oxygen atoms in total. The summed E-state index contributed by atoms with van der Waals surface area (Å²) in [4.78, 5) is 21.4. The summed E-state index contributed by atoms with van der Waals surface area (Å²) in [6, 6.07) is 0. The van der Waals surface area contributed by atoms with E-state index in [1.54, 1.807) is 6.92 Å². The first-order chi connectivity index (χ1) is 6.07. The lowest BCUT2D eigenvalue weighted by atomic mass is 10.3. The highest BCUT2D eigenvalue weighted by Crippen LogP contribution is 2.15. The van der Waals surface area contributed by atoms with Crippen molar-refractivity contribution in [3.63, 3.8) is 0 Å². The monoisotopic (exact) mass is 202 g/mol. The molecule has 1 rings (SSSR count).